The fraction of sp³-hybridized carbons (Fsp3) is 0.600. The summed E-state index contributed by atoms with van der Waals surface area (Å²) in [5.41, 5.74) is 1.46. The van der Waals surface area contributed by atoms with Gasteiger partial charge in [0.1, 0.15) is 0 Å². The van der Waals surface area contributed by atoms with Crippen molar-refractivity contribution in [2.75, 3.05) is 20.1 Å². The molecule has 0 saturated carbocycles. The van der Waals surface area contributed by atoms with E-state index < -0.39 is 0 Å². The maximum absolute atomic E-state index is 2.46. The molecule has 94 valence electrons. The molecular formula is C15H23NS. The van der Waals surface area contributed by atoms with Gasteiger partial charge in [0.25, 0.3) is 0 Å². The van der Waals surface area contributed by atoms with E-state index in [1.165, 1.54) is 43.7 Å². The van der Waals surface area contributed by atoms with Crippen molar-refractivity contribution < 1.29 is 0 Å². The molecule has 1 aliphatic heterocycles. The zero-order valence-electron chi connectivity index (χ0n) is 11.0. The van der Waals surface area contributed by atoms with E-state index in [1.807, 2.05) is 0 Å². The number of hydrogen-bond donors (Lipinski definition) is 0. The molecule has 1 aromatic carbocycles. The Morgan fingerprint density at radius 1 is 1.18 bits per heavy atom. The first-order valence-corrected chi connectivity index (χ1v) is 7.59. The molecule has 2 rings (SSSR count). The van der Waals surface area contributed by atoms with E-state index in [2.05, 4.69) is 61.0 Å². The Morgan fingerprint density at radius 2 is 1.82 bits per heavy atom. The molecule has 0 N–H and O–H groups in total. The third-order valence-corrected chi connectivity index (χ3v) is 5.72. The molecule has 0 radical (unpaired) electrons. The van der Waals surface area contributed by atoms with Crippen LogP contribution in [0.15, 0.2) is 30.3 Å². The molecular weight excluding hydrogens is 226 g/mol. The van der Waals surface area contributed by atoms with Gasteiger partial charge in [-0.25, -0.2) is 0 Å². The van der Waals surface area contributed by atoms with Crippen LogP contribution in [0.3, 0.4) is 0 Å². The number of likely N-dealkylation sites (tertiary alicyclic amines) is 1. The average Bonchev–Trinajstić information content (AvgIpc) is 2.40. The molecule has 0 atom stereocenters. The molecule has 1 fully saturated rings. The first kappa shape index (κ1) is 13.0. The largest absolute Gasteiger partial charge is 0.306 e. The molecule has 2 heteroatoms. The summed E-state index contributed by atoms with van der Waals surface area (Å²) in [7, 11) is 2.24. The van der Waals surface area contributed by atoms with Crippen LogP contribution in [0.4, 0.5) is 0 Å². The minimum atomic E-state index is 0.530. The third kappa shape index (κ3) is 3.49. The lowest BCUT2D eigenvalue weighted by atomic mass is 9.93. The summed E-state index contributed by atoms with van der Waals surface area (Å²) < 4.78 is 0.530. The quantitative estimate of drug-likeness (QED) is 0.798. The second kappa shape index (κ2) is 5.92. The van der Waals surface area contributed by atoms with E-state index >= 15 is 0 Å². The van der Waals surface area contributed by atoms with Gasteiger partial charge >= 0.3 is 0 Å². The summed E-state index contributed by atoms with van der Waals surface area (Å²) in [5.74, 6) is 1.17. The van der Waals surface area contributed by atoms with Crippen molar-refractivity contribution in [2.24, 2.45) is 0 Å². The van der Waals surface area contributed by atoms with Crippen LogP contribution in [0, 0.1) is 0 Å². The lowest BCUT2D eigenvalue weighted by Gasteiger charge is -2.39. The van der Waals surface area contributed by atoms with Gasteiger partial charge in [0.2, 0.25) is 0 Å². The maximum Gasteiger partial charge on any atom is 0.0190 e. The van der Waals surface area contributed by atoms with Crippen LogP contribution < -0.4 is 0 Å². The van der Waals surface area contributed by atoms with Crippen LogP contribution in [-0.2, 0) is 5.75 Å². The van der Waals surface area contributed by atoms with Crippen LogP contribution >= 0.6 is 11.8 Å². The molecule has 0 spiro atoms. The average molecular weight is 249 g/mol. The predicted molar refractivity (Wildman–Crippen MR) is 77.5 cm³/mol. The SMILES string of the molecule is CCC1(SCc2ccccc2)CCN(C)CC1. The van der Waals surface area contributed by atoms with Crippen LogP contribution in [0.25, 0.3) is 0 Å². The van der Waals surface area contributed by atoms with Crippen molar-refractivity contribution in [3.63, 3.8) is 0 Å². The maximum atomic E-state index is 2.46. The van der Waals surface area contributed by atoms with E-state index in [0.717, 1.165) is 0 Å². The standard InChI is InChI=1S/C15H23NS/c1-3-15(9-11-16(2)12-10-15)17-13-14-7-5-4-6-8-14/h4-8H,3,9-13H2,1-2H3. The number of nitrogens with zero attached hydrogens (tertiary/aromatic N) is 1. The van der Waals surface area contributed by atoms with Gasteiger partial charge in [-0.15, -0.1) is 0 Å². The molecule has 0 amide bonds. The molecule has 17 heavy (non-hydrogen) atoms. The summed E-state index contributed by atoms with van der Waals surface area (Å²) in [6, 6.07) is 10.9. The van der Waals surface area contributed by atoms with Gasteiger partial charge in [-0.05, 0) is 45.0 Å². The number of rotatable bonds is 4. The lowest BCUT2D eigenvalue weighted by Crippen LogP contribution is -2.40. The molecule has 1 aromatic rings. The zero-order valence-corrected chi connectivity index (χ0v) is 11.8. The van der Waals surface area contributed by atoms with Gasteiger partial charge in [-0.3, -0.25) is 0 Å². The summed E-state index contributed by atoms with van der Waals surface area (Å²) in [6.07, 6.45) is 3.99. The fourth-order valence-electron chi connectivity index (χ4n) is 2.44. The smallest absolute Gasteiger partial charge is 0.0190 e. The van der Waals surface area contributed by atoms with Crippen molar-refractivity contribution in [3.05, 3.63) is 35.9 Å². The predicted octanol–water partition coefficient (Wildman–Crippen LogP) is 3.79. The third-order valence-electron chi connectivity index (χ3n) is 3.93. The van der Waals surface area contributed by atoms with E-state index in [1.54, 1.807) is 0 Å². The summed E-state index contributed by atoms with van der Waals surface area (Å²) >= 11 is 2.17. The molecule has 1 nitrogen and oxygen atoms in total. The van der Waals surface area contributed by atoms with Crippen LogP contribution in [0.2, 0.25) is 0 Å². The number of piperidine rings is 1. The van der Waals surface area contributed by atoms with Gasteiger partial charge in [0.15, 0.2) is 0 Å². The topological polar surface area (TPSA) is 3.24 Å². The summed E-state index contributed by atoms with van der Waals surface area (Å²) in [4.78, 5) is 2.46. The molecule has 1 heterocycles. The molecule has 0 bridgehead atoms. The van der Waals surface area contributed by atoms with Crippen molar-refractivity contribution in [2.45, 2.75) is 36.7 Å². The number of benzene rings is 1. The molecule has 0 unspecified atom stereocenters. The van der Waals surface area contributed by atoms with E-state index in [4.69, 9.17) is 0 Å². The highest BCUT2D eigenvalue weighted by Crippen LogP contribution is 2.40. The first-order valence-electron chi connectivity index (χ1n) is 6.60. The zero-order chi connectivity index (χ0) is 12.1. The summed E-state index contributed by atoms with van der Waals surface area (Å²) in [6.45, 7) is 4.87. The monoisotopic (exact) mass is 249 g/mol. The summed E-state index contributed by atoms with van der Waals surface area (Å²) in [5, 5.41) is 0. The second-order valence-electron chi connectivity index (χ2n) is 5.11. The highest BCUT2D eigenvalue weighted by atomic mass is 32.2. The van der Waals surface area contributed by atoms with Crippen molar-refractivity contribution in [1.82, 2.24) is 4.90 Å². The van der Waals surface area contributed by atoms with E-state index in [9.17, 15) is 0 Å². The first-order chi connectivity index (χ1) is 8.24. The molecule has 0 aliphatic carbocycles. The van der Waals surface area contributed by atoms with E-state index in [0.29, 0.717) is 4.75 Å². The van der Waals surface area contributed by atoms with Crippen molar-refractivity contribution in [3.8, 4) is 0 Å². The number of hydrogen-bond acceptors (Lipinski definition) is 2. The normalized spacial score (nSPS) is 20.4. The van der Waals surface area contributed by atoms with Gasteiger partial charge in [0.05, 0.1) is 0 Å². The van der Waals surface area contributed by atoms with Crippen LogP contribution in [-0.4, -0.2) is 29.8 Å². The Bertz CT molecular complexity index is 328. The van der Waals surface area contributed by atoms with Gasteiger partial charge < -0.3 is 4.90 Å². The molecule has 1 saturated heterocycles. The Morgan fingerprint density at radius 3 is 2.41 bits per heavy atom. The Hall–Kier alpha value is -0.470. The molecule has 1 aliphatic rings. The minimum Gasteiger partial charge on any atom is -0.306 e. The van der Waals surface area contributed by atoms with Crippen LogP contribution in [0.5, 0.6) is 0 Å². The fourth-order valence-corrected chi connectivity index (χ4v) is 3.78. The van der Waals surface area contributed by atoms with E-state index in [-0.39, 0.29) is 0 Å². The van der Waals surface area contributed by atoms with Gasteiger partial charge in [0, 0.05) is 10.5 Å². The molecule has 0 aromatic heterocycles. The Kier molecular flexibility index (Phi) is 4.52. The van der Waals surface area contributed by atoms with Crippen molar-refractivity contribution >= 4 is 11.8 Å². The number of thioether (sulfide) groups is 1. The van der Waals surface area contributed by atoms with Gasteiger partial charge in [-0.2, -0.15) is 11.8 Å². The van der Waals surface area contributed by atoms with Crippen molar-refractivity contribution in [1.29, 1.82) is 0 Å². The Balaban J connectivity index is 1.91. The van der Waals surface area contributed by atoms with Crippen LogP contribution in [0.1, 0.15) is 31.7 Å². The highest BCUT2D eigenvalue weighted by Gasteiger charge is 2.32. The lowest BCUT2D eigenvalue weighted by molar-refractivity contribution is 0.236. The highest BCUT2D eigenvalue weighted by molar-refractivity contribution is 7.99. The Labute approximate surface area is 110 Å². The second-order valence-corrected chi connectivity index (χ2v) is 6.56. The van der Waals surface area contributed by atoms with Gasteiger partial charge in [-0.1, -0.05) is 37.3 Å². The minimum absolute atomic E-state index is 0.530.